The lowest BCUT2D eigenvalue weighted by molar-refractivity contribution is -0.379. The molecule has 3 saturated heterocycles. The smallest absolute Gasteiger partial charge is 0.220 e. The van der Waals surface area contributed by atoms with E-state index in [1.807, 2.05) is 6.08 Å². The van der Waals surface area contributed by atoms with Gasteiger partial charge in [-0.3, -0.25) is 4.79 Å². The molecule has 0 aliphatic carbocycles. The van der Waals surface area contributed by atoms with Crippen molar-refractivity contribution in [2.45, 2.75) is 375 Å². The zero-order chi connectivity index (χ0) is 66.1. The Morgan fingerprint density at radius 3 is 1.10 bits per heavy atom. The third-order valence-corrected chi connectivity index (χ3v) is 18.1. The second-order valence-corrected chi connectivity index (χ2v) is 26.0. The SMILES string of the molecule is CCCCCCCCCC/C=C\CCCCCCCCCCCCCC(=O)NC(COC1OC(CO)C(OC2OC(CO)C(OC3OC(CO)C(O)C(O)C3O)C(O)C2O)C(O)C1O)C(O)/C=C/CC/C=C/CC/C=C/CCCCCCCCCCCCCCC. The summed E-state index contributed by atoms with van der Waals surface area (Å²) in [6.45, 7) is 1.73. The molecule has 1 amide bonds. The molecule has 0 spiro atoms. The number of aliphatic hydroxyl groups excluding tert-OH is 11. The Hall–Kier alpha value is -2.25. The number of nitrogens with one attached hydrogen (secondary N) is 1. The van der Waals surface area contributed by atoms with E-state index in [4.69, 9.17) is 28.4 Å². The number of unbranched alkanes of at least 4 members (excludes halogenated alkanes) is 34. The van der Waals surface area contributed by atoms with E-state index >= 15 is 0 Å². The van der Waals surface area contributed by atoms with Crippen LogP contribution in [-0.2, 0) is 33.2 Å². The molecule has 3 aliphatic heterocycles. The van der Waals surface area contributed by atoms with Crippen LogP contribution in [-0.4, -0.2) is 193 Å². The quantitative estimate of drug-likeness (QED) is 0.0199. The summed E-state index contributed by atoms with van der Waals surface area (Å²) in [5.74, 6) is -0.288. The van der Waals surface area contributed by atoms with E-state index in [0.717, 1.165) is 44.9 Å². The first-order valence-electron chi connectivity index (χ1n) is 36.4. The predicted octanol–water partition coefficient (Wildman–Crippen LogP) is 10.2. The highest BCUT2D eigenvalue weighted by atomic mass is 16.8. The summed E-state index contributed by atoms with van der Waals surface area (Å²) < 4.78 is 34.4. The van der Waals surface area contributed by atoms with E-state index in [1.54, 1.807) is 6.08 Å². The number of hydrogen-bond donors (Lipinski definition) is 12. The molecule has 0 aromatic heterocycles. The summed E-state index contributed by atoms with van der Waals surface area (Å²) in [6.07, 6.45) is 38.0. The summed E-state index contributed by atoms with van der Waals surface area (Å²) in [6, 6.07) is -0.998. The first-order chi connectivity index (χ1) is 44.3. The molecule has 19 heteroatoms. The van der Waals surface area contributed by atoms with Crippen molar-refractivity contribution >= 4 is 5.91 Å². The zero-order valence-corrected chi connectivity index (χ0v) is 56.3. The van der Waals surface area contributed by atoms with Gasteiger partial charge in [-0.05, 0) is 70.6 Å². The van der Waals surface area contributed by atoms with Crippen LogP contribution in [0.5, 0.6) is 0 Å². The standard InChI is InChI=1S/C72H131NO18/c1-3-5-7-9-11-13-15-17-19-21-23-25-27-29-31-33-35-37-39-41-43-45-47-49-56(77)55(73-60(78)50-48-46-44-42-40-38-36-34-32-30-28-26-24-22-20-18-16-14-12-10-8-6-4-2)54-86-70-66(84)63(81)68(58(52-75)88-70)91-72-67(85)64(82)69(59(53-76)89-72)90-71-65(83)62(80)61(79)57(51-74)87-71/h22,24,31,33,39,41,47,49,55-59,61-72,74-77,79-85H,3-21,23,25-30,32,34-38,40,42-46,48,50-54H2,1-2H3,(H,73,78)/b24-22-,33-31+,41-39+,49-47+. The van der Waals surface area contributed by atoms with E-state index in [9.17, 15) is 61.0 Å². The molecular formula is C72H131NO18. The topological polar surface area (TPSA) is 307 Å². The number of carbonyl (C=O) groups excluding carboxylic acids is 1. The van der Waals surface area contributed by atoms with Gasteiger partial charge < -0.3 is 89.9 Å². The molecule has 0 aromatic rings. The average Bonchev–Trinajstić information content (AvgIpc) is 0.883. The molecule has 3 aliphatic rings. The molecule has 17 atom stereocenters. The van der Waals surface area contributed by atoms with E-state index in [0.29, 0.717) is 12.8 Å². The van der Waals surface area contributed by atoms with Gasteiger partial charge in [-0.2, -0.15) is 0 Å². The number of rotatable bonds is 56. The van der Waals surface area contributed by atoms with Crippen molar-refractivity contribution in [3.63, 3.8) is 0 Å². The highest BCUT2D eigenvalue weighted by molar-refractivity contribution is 5.76. The summed E-state index contributed by atoms with van der Waals surface area (Å²) >= 11 is 0. The highest BCUT2D eigenvalue weighted by Crippen LogP contribution is 2.33. The number of carbonyl (C=O) groups is 1. The first-order valence-corrected chi connectivity index (χ1v) is 36.4. The Morgan fingerprint density at radius 1 is 0.385 bits per heavy atom. The summed E-state index contributed by atoms with van der Waals surface area (Å²) in [7, 11) is 0. The maximum Gasteiger partial charge on any atom is 0.220 e. The molecule has 0 saturated carbocycles. The molecule has 0 radical (unpaired) electrons. The number of allylic oxidation sites excluding steroid dienone is 7. The molecule has 532 valence electrons. The molecule has 0 bridgehead atoms. The average molecular weight is 1300 g/mol. The first kappa shape index (κ1) is 83.0. The normalized spacial score (nSPS) is 28.1. The molecule has 91 heavy (non-hydrogen) atoms. The van der Waals surface area contributed by atoms with Crippen molar-refractivity contribution in [1.82, 2.24) is 5.32 Å². The van der Waals surface area contributed by atoms with Crippen LogP contribution in [0.25, 0.3) is 0 Å². The minimum atomic E-state index is -1.98. The van der Waals surface area contributed by atoms with Gasteiger partial charge in [0.1, 0.15) is 73.2 Å². The molecule has 12 N–H and O–H groups in total. The van der Waals surface area contributed by atoms with Gasteiger partial charge in [-0.1, -0.05) is 242 Å². The summed E-state index contributed by atoms with van der Waals surface area (Å²) in [5, 5.41) is 121. The minimum absolute atomic E-state index is 0.231. The molecule has 19 nitrogen and oxygen atoms in total. The van der Waals surface area contributed by atoms with Crippen LogP contribution in [0, 0.1) is 0 Å². The van der Waals surface area contributed by atoms with Crippen LogP contribution in [0.1, 0.15) is 271 Å². The lowest BCUT2D eigenvalue weighted by Gasteiger charge is -2.48. The fourth-order valence-electron chi connectivity index (χ4n) is 12.2. The fraction of sp³-hybridized carbons (Fsp3) is 0.875. The minimum Gasteiger partial charge on any atom is -0.394 e. The number of hydrogen-bond acceptors (Lipinski definition) is 18. The molecular weight excluding hydrogens is 1170 g/mol. The molecule has 0 aromatic carbocycles. The lowest BCUT2D eigenvalue weighted by Crippen LogP contribution is -2.66. The number of amides is 1. The van der Waals surface area contributed by atoms with Crippen molar-refractivity contribution in [3.8, 4) is 0 Å². The van der Waals surface area contributed by atoms with Gasteiger partial charge in [0.25, 0.3) is 0 Å². The number of aliphatic hydroxyl groups is 11. The van der Waals surface area contributed by atoms with Crippen molar-refractivity contribution in [3.05, 3.63) is 48.6 Å². The zero-order valence-electron chi connectivity index (χ0n) is 56.3. The predicted molar refractivity (Wildman–Crippen MR) is 356 cm³/mol. The Kier molecular flexibility index (Phi) is 49.1. The van der Waals surface area contributed by atoms with E-state index in [1.165, 1.54) is 193 Å². The van der Waals surface area contributed by atoms with Crippen LogP contribution in [0.4, 0.5) is 0 Å². The Morgan fingerprint density at radius 2 is 0.703 bits per heavy atom. The van der Waals surface area contributed by atoms with Crippen LogP contribution in [0.15, 0.2) is 48.6 Å². The van der Waals surface area contributed by atoms with E-state index in [2.05, 4.69) is 55.6 Å². The maximum absolute atomic E-state index is 13.4. The van der Waals surface area contributed by atoms with E-state index < -0.39 is 124 Å². The fourth-order valence-corrected chi connectivity index (χ4v) is 12.2. The van der Waals surface area contributed by atoms with Gasteiger partial charge in [0.15, 0.2) is 18.9 Å². The molecule has 3 heterocycles. The molecule has 17 unspecified atom stereocenters. The number of ether oxygens (including phenoxy) is 6. The van der Waals surface area contributed by atoms with Crippen LogP contribution >= 0.6 is 0 Å². The third kappa shape index (κ3) is 35.5. The van der Waals surface area contributed by atoms with Gasteiger partial charge in [-0.15, -0.1) is 0 Å². The monoisotopic (exact) mass is 1300 g/mol. The maximum atomic E-state index is 13.4. The van der Waals surface area contributed by atoms with Crippen molar-refractivity contribution in [2.75, 3.05) is 26.4 Å². The van der Waals surface area contributed by atoms with Gasteiger partial charge in [0, 0.05) is 6.42 Å². The van der Waals surface area contributed by atoms with Crippen molar-refractivity contribution in [2.24, 2.45) is 0 Å². The van der Waals surface area contributed by atoms with Crippen molar-refractivity contribution in [1.29, 1.82) is 0 Å². The second-order valence-electron chi connectivity index (χ2n) is 26.0. The van der Waals surface area contributed by atoms with E-state index in [-0.39, 0.29) is 18.9 Å². The van der Waals surface area contributed by atoms with Crippen molar-refractivity contribution < 1.29 is 89.4 Å². The van der Waals surface area contributed by atoms with Crippen LogP contribution < -0.4 is 5.32 Å². The lowest BCUT2D eigenvalue weighted by atomic mass is 9.96. The highest BCUT2D eigenvalue weighted by Gasteiger charge is 2.53. The van der Waals surface area contributed by atoms with Crippen LogP contribution in [0.3, 0.4) is 0 Å². The van der Waals surface area contributed by atoms with Crippen LogP contribution in [0.2, 0.25) is 0 Å². The van der Waals surface area contributed by atoms with Gasteiger partial charge in [0.2, 0.25) is 5.91 Å². The Bertz CT molecular complexity index is 1840. The second kappa shape index (κ2) is 53.8. The molecule has 3 rings (SSSR count). The van der Waals surface area contributed by atoms with Gasteiger partial charge >= 0.3 is 0 Å². The summed E-state index contributed by atoms with van der Waals surface area (Å²) in [4.78, 5) is 13.4. The Balaban J connectivity index is 1.45. The molecule has 3 fully saturated rings. The Labute approximate surface area is 548 Å². The third-order valence-electron chi connectivity index (χ3n) is 18.1. The van der Waals surface area contributed by atoms with Gasteiger partial charge in [-0.25, -0.2) is 0 Å². The largest absolute Gasteiger partial charge is 0.394 e. The summed E-state index contributed by atoms with van der Waals surface area (Å²) in [5.41, 5.74) is 0. The van der Waals surface area contributed by atoms with Gasteiger partial charge in [0.05, 0.1) is 38.6 Å².